The molecule has 0 saturated carbocycles. The van der Waals surface area contributed by atoms with E-state index < -0.39 is 0 Å². The molecule has 0 bridgehead atoms. The van der Waals surface area contributed by atoms with E-state index in [-0.39, 0.29) is 17.7 Å². The molecule has 148 valence electrons. The van der Waals surface area contributed by atoms with E-state index in [1.807, 2.05) is 31.2 Å². The minimum Gasteiger partial charge on any atom is -0.497 e. The molecule has 2 heterocycles. The first-order valence-corrected chi connectivity index (χ1v) is 10.3. The van der Waals surface area contributed by atoms with Crippen molar-refractivity contribution >= 4 is 45.4 Å². The Labute approximate surface area is 177 Å². The van der Waals surface area contributed by atoms with E-state index in [2.05, 4.69) is 10.6 Å². The van der Waals surface area contributed by atoms with Gasteiger partial charge in [0.25, 0.3) is 5.91 Å². The lowest BCUT2D eigenvalue weighted by Crippen LogP contribution is -2.22. The van der Waals surface area contributed by atoms with Gasteiger partial charge in [0.15, 0.2) is 0 Å². The molecule has 0 spiro atoms. The maximum Gasteiger partial charge on any atom is 0.266 e. The number of amides is 2. The minimum atomic E-state index is -0.206. The van der Waals surface area contributed by atoms with Gasteiger partial charge in [-0.25, -0.2) is 0 Å². The molecule has 2 N–H and O–H groups in total. The third kappa shape index (κ3) is 3.86. The molecule has 1 unspecified atom stereocenters. The van der Waals surface area contributed by atoms with Gasteiger partial charge in [-0.15, -0.1) is 11.3 Å². The lowest BCUT2D eigenvalue weighted by molar-refractivity contribution is -0.116. The number of halogens is 1. The summed E-state index contributed by atoms with van der Waals surface area (Å²) in [5, 5.41) is 7.16. The van der Waals surface area contributed by atoms with Gasteiger partial charge in [-0.2, -0.15) is 0 Å². The molecule has 1 aromatic heterocycles. The molecule has 1 aliphatic rings. The predicted octanol–water partition coefficient (Wildman–Crippen LogP) is 5.44. The highest BCUT2D eigenvalue weighted by Crippen LogP contribution is 2.45. The highest BCUT2D eigenvalue weighted by Gasteiger charge is 2.33. The fourth-order valence-electron chi connectivity index (χ4n) is 3.58. The van der Waals surface area contributed by atoms with E-state index >= 15 is 0 Å². The number of fused-ring (bicyclic) bond motifs is 1. The number of thiophene rings is 1. The fraction of sp³-hybridized carbons (Fsp3) is 0.182. The zero-order chi connectivity index (χ0) is 20.5. The van der Waals surface area contributed by atoms with Gasteiger partial charge < -0.3 is 15.4 Å². The molecule has 0 saturated heterocycles. The smallest absolute Gasteiger partial charge is 0.266 e. The van der Waals surface area contributed by atoms with Crippen LogP contribution >= 0.6 is 22.9 Å². The topological polar surface area (TPSA) is 67.4 Å². The molecule has 0 radical (unpaired) electrons. The van der Waals surface area contributed by atoms with Gasteiger partial charge >= 0.3 is 0 Å². The maximum atomic E-state index is 12.9. The van der Waals surface area contributed by atoms with Crippen LogP contribution in [0, 0.1) is 6.92 Å². The van der Waals surface area contributed by atoms with Crippen molar-refractivity contribution in [3.05, 3.63) is 75.1 Å². The Morgan fingerprint density at radius 2 is 2.00 bits per heavy atom. The summed E-state index contributed by atoms with van der Waals surface area (Å²) in [5.74, 6) is 0.352. The van der Waals surface area contributed by atoms with Crippen molar-refractivity contribution in [3.8, 4) is 5.75 Å². The van der Waals surface area contributed by atoms with Crippen molar-refractivity contribution in [1.82, 2.24) is 0 Å². The van der Waals surface area contributed by atoms with E-state index in [0.29, 0.717) is 22.0 Å². The standard InChI is InChI=1S/C22H19ClN2O3S/c1-12-19-17(13-4-3-5-16(10-13)28-2)11-18(26)25-22(19)29-20(12)21(27)24-15-8-6-14(23)7-9-15/h3-10,17H,11H2,1-2H3,(H,24,27)(H,25,26). The van der Waals surface area contributed by atoms with Gasteiger partial charge in [-0.05, 0) is 60.0 Å². The van der Waals surface area contributed by atoms with Crippen molar-refractivity contribution in [2.24, 2.45) is 0 Å². The van der Waals surface area contributed by atoms with Crippen molar-refractivity contribution in [2.45, 2.75) is 19.3 Å². The van der Waals surface area contributed by atoms with Crippen LogP contribution < -0.4 is 15.4 Å². The molecule has 2 amide bonds. The molecule has 3 aromatic rings. The van der Waals surface area contributed by atoms with Crippen molar-refractivity contribution < 1.29 is 14.3 Å². The number of rotatable bonds is 4. The monoisotopic (exact) mass is 426 g/mol. The van der Waals surface area contributed by atoms with Crippen LogP contribution in [0.3, 0.4) is 0 Å². The molecule has 0 fully saturated rings. The Morgan fingerprint density at radius 3 is 2.72 bits per heavy atom. The van der Waals surface area contributed by atoms with Crippen LogP contribution in [0.25, 0.3) is 0 Å². The summed E-state index contributed by atoms with van der Waals surface area (Å²) in [5.41, 5.74) is 3.53. The summed E-state index contributed by atoms with van der Waals surface area (Å²) < 4.78 is 5.34. The summed E-state index contributed by atoms with van der Waals surface area (Å²) in [6.07, 6.45) is 0.329. The molecular weight excluding hydrogens is 408 g/mol. The molecule has 1 atom stereocenters. The van der Waals surface area contributed by atoms with Gasteiger partial charge in [0.2, 0.25) is 5.91 Å². The summed E-state index contributed by atoms with van der Waals surface area (Å²) in [6.45, 7) is 1.93. The molecule has 1 aliphatic heterocycles. The largest absolute Gasteiger partial charge is 0.497 e. The Hall–Kier alpha value is -2.83. The molecule has 4 rings (SSSR count). The summed E-state index contributed by atoms with van der Waals surface area (Å²) >= 11 is 7.21. The Morgan fingerprint density at radius 1 is 1.24 bits per heavy atom. The zero-order valence-electron chi connectivity index (χ0n) is 15.9. The average Bonchev–Trinajstić information content (AvgIpc) is 3.05. The predicted molar refractivity (Wildman–Crippen MR) is 117 cm³/mol. The third-order valence-electron chi connectivity index (χ3n) is 4.99. The lowest BCUT2D eigenvalue weighted by atomic mass is 9.85. The normalized spacial score (nSPS) is 15.4. The fourth-order valence-corrected chi connectivity index (χ4v) is 4.89. The highest BCUT2D eigenvalue weighted by molar-refractivity contribution is 7.18. The molecule has 2 aromatic carbocycles. The van der Waals surface area contributed by atoms with Gasteiger partial charge in [0.05, 0.1) is 17.0 Å². The average molecular weight is 427 g/mol. The Bertz CT molecular complexity index is 1090. The van der Waals surface area contributed by atoms with E-state index in [0.717, 1.165) is 27.4 Å². The first kappa shape index (κ1) is 19.5. The summed E-state index contributed by atoms with van der Waals surface area (Å²) in [6, 6.07) is 14.7. The lowest BCUT2D eigenvalue weighted by Gasteiger charge is -2.24. The zero-order valence-corrected chi connectivity index (χ0v) is 17.5. The first-order chi connectivity index (χ1) is 14.0. The van der Waals surface area contributed by atoms with Gasteiger partial charge in [-0.3, -0.25) is 9.59 Å². The van der Waals surface area contributed by atoms with Crippen LogP contribution in [0.5, 0.6) is 5.75 Å². The van der Waals surface area contributed by atoms with Gasteiger partial charge in [0, 0.05) is 23.0 Å². The molecule has 0 aliphatic carbocycles. The molecule has 5 nitrogen and oxygen atoms in total. The number of methoxy groups -OCH3 is 1. The molecular formula is C22H19ClN2O3S. The maximum absolute atomic E-state index is 12.9. The van der Waals surface area contributed by atoms with Crippen LogP contribution in [-0.2, 0) is 4.79 Å². The summed E-state index contributed by atoms with van der Waals surface area (Å²) in [7, 11) is 1.62. The minimum absolute atomic E-state index is 0.0590. The number of benzene rings is 2. The van der Waals surface area contributed by atoms with Crippen molar-refractivity contribution in [2.75, 3.05) is 17.7 Å². The van der Waals surface area contributed by atoms with Crippen LogP contribution in [0.2, 0.25) is 5.02 Å². The van der Waals surface area contributed by atoms with Gasteiger partial charge in [0.1, 0.15) is 5.75 Å². The number of ether oxygens (including phenoxy) is 1. The SMILES string of the molecule is COc1cccc(C2CC(=O)Nc3sc(C(=O)Nc4ccc(Cl)cc4)c(C)c32)c1. The van der Waals surface area contributed by atoms with Crippen LogP contribution in [0.4, 0.5) is 10.7 Å². The summed E-state index contributed by atoms with van der Waals surface area (Å²) in [4.78, 5) is 25.8. The number of hydrogen-bond donors (Lipinski definition) is 2. The number of hydrogen-bond acceptors (Lipinski definition) is 4. The second kappa shape index (κ2) is 7.89. The van der Waals surface area contributed by atoms with E-state index in [4.69, 9.17) is 16.3 Å². The number of nitrogens with one attached hydrogen (secondary N) is 2. The second-order valence-corrected chi connectivity index (χ2v) is 8.30. The van der Waals surface area contributed by atoms with Crippen LogP contribution in [0.15, 0.2) is 48.5 Å². The third-order valence-corrected chi connectivity index (χ3v) is 6.46. The quantitative estimate of drug-likeness (QED) is 0.583. The Kier molecular flexibility index (Phi) is 5.30. The van der Waals surface area contributed by atoms with Crippen molar-refractivity contribution in [3.63, 3.8) is 0 Å². The molecule has 29 heavy (non-hydrogen) atoms. The van der Waals surface area contributed by atoms with Gasteiger partial charge in [-0.1, -0.05) is 23.7 Å². The molecule has 7 heteroatoms. The number of carbonyl (C=O) groups is 2. The van der Waals surface area contributed by atoms with E-state index in [9.17, 15) is 9.59 Å². The first-order valence-electron chi connectivity index (χ1n) is 9.10. The van der Waals surface area contributed by atoms with Crippen molar-refractivity contribution in [1.29, 1.82) is 0 Å². The van der Waals surface area contributed by atoms with Crippen LogP contribution in [0.1, 0.15) is 38.7 Å². The van der Waals surface area contributed by atoms with Crippen LogP contribution in [-0.4, -0.2) is 18.9 Å². The highest BCUT2D eigenvalue weighted by atomic mass is 35.5. The van der Waals surface area contributed by atoms with E-state index in [1.54, 1.807) is 31.4 Å². The second-order valence-electron chi connectivity index (χ2n) is 6.84. The number of carbonyl (C=O) groups excluding carboxylic acids is 2. The Balaban J connectivity index is 1.70. The number of anilines is 2. The van der Waals surface area contributed by atoms with E-state index in [1.165, 1.54) is 11.3 Å².